The van der Waals surface area contributed by atoms with E-state index in [1.54, 1.807) is 36.4 Å². The SMILES string of the molecule is O=C(Nc1ccccc1COP(=O)(O)O)c1ccc(-c2ccccc2)cc1. The fourth-order valence-electron chi connectivity index (χ4n) is 2.56. The van der Waals surface area contributed by atoms with Crippen LogP contribution >= 0.6 is 7.82 Å². The lowest BCUT2D eigenvalue weighted by Gasteiger charge is -2.12. The molecule has 6 nitrogen and oxygen atoms in total. The van der Waals surface area contributed by atoms with Gasteiger partial charge in [-0.1, -0.05) is 60.7 Å². The highest BCUT2D eigenvalue weighted by Crippen LogP contribution is 2.37. The lowest BCUT2D eigenvalue weighted by atomic mass is 10.0. The Morgan fingerprint density at radius 1 is 0.852 bits per heavy atom. The van der Waals surface area contributed by atoms with Crippen molar-refractivity contribution in [3.05, 3.63) is 90.0 Å². The molecule has 0 bridgehead atoms. The molecule has 0 spiro atoms. The van der Waals surface area contributed by atoms with Crippen LogP contribution in [0, 0.1) is 0 Å². The van der Waals surface area contributed by atoms with E-state index in [1.165, 1.54) is 0 Å². The third-order valence-electron chi connectivity index (χ3n) is 3.91. The average molecular weight is 383 g/mol. The number of phosphoric ester groups is 1. The molecule has 1 amide bonds. The molecule has 0 atom stereocenters. The Kier molecular flexibility index (Phi) is 5.84. The molecule has 0 aliphatic carbocycles. The topological polar surface area (TPSA) is 95.9 Å². The monoisotopic (exact) mass is 383 g/mol. The Morgan fingerprint density at radius 3 is 2.11 bits per heavy atom. The molecular weight excluding hydrogens is 365 g/mol. The molecule has 27 heavy (non-hydrogen) atoms. The third kappa shape index (κ3) is 5.36. The van der Waals surface area contributed by atoms with E-state index in [0.29, 0.717) is 16.8 Å². The molecule has 0 radical (unpaired) electrons. The molecule has 0 fully saturated rings. The number of anilines is 1. The Labute approximate surface area is 156 Å². The first-order valence-electron chi connectivity index (χ1n) is 8.17. The minimum atomic E-state index is -4.59. The zero-order chi connectivity index (χ0) is 19.3. The van der Waals surface area contributed by atoms with Crippen LogP contribution in [0.3, 0.4) is 0 Å². The zero-order valence-corrected chi connectivity index (χ0v) is 15.2. The van der Waals surface area contributed by atoms with Gasteiger partial charge in [0.15, 0.2) is 0 Å². The number of hydrogen-bond donors (Lipinski definition) is 3. The quantitative estimate of drug-likeness (QED) is 0.554. The highest BCUT2D eigenvalue weighted by molar-refractivity contribution is 7.46. The van der Waals surface area contributed by atoms with Gasteiger partial charge in [0, 0.05) is 16.8 Å². The molecular formula is C20H18NO5P. The number of carbonyl (C=O) groups excluding carboxylic acids is 1. The molecule has 3 aromatic carbocycles. The van der Waals surface area contributed by atoms with Crippen molar-refractivity contribution in [3.8, 4) is 11.1 Å². The van der Waals surface area contributed by atoms with Gasteiger partial charge in [-0.15, -0.1) is 0 Å². The van der Waals surface area contributed by atoms with E-state index in [0.717, 1.165) is 11.1 Å². The summed E-state index contributed by atoms with van der Waals surface area (Å²) in [6, 6.07) is 23.7. The number of rotatable bonds is 6. The van der Waals surface area contributed by atoms with Gasteiger partial charge in [-0.05, 0) is 29.3 Å². The molecule has 0 saturated carbocycles. The lowest BCUT2D eigenvalue weighted by molar-refractivity contribution is 0.102. The van der Waals surface area contributed by atoms with Crippen molar-refractivity contribution >= 4 is 19.4 Å². The first kappa shape index (κ1) is 19.0. The van der Waals surface area contributed by atoms with Crippen molar-refractivity contribution in [2.45, 2.75) is 6.61 Å². The van der Waals surface area contributed by atoms with Gasteiger partial charge < -0.3 is 15.1 Å². The Balaban J connectivity index is 1.73. The van der Waals surface area contributed by atoms with E-state index in [1.807, 2.05) is 42.5 Å². The second-order valence-corrected chi connectivity index (χ2v) is 7.06. The van der Waals surface area contributed by atoms with E-state index >= 15 is 0 Å². The average Bonchev–Trinajstić information content (AvgIpc) is 2.67. The number of para-hydroxylation sites is 1. The minimum Gasteiger partial charge on any atom is -0.322 e. The number of phosphoric acid groups is 1. The maximum absolute atomic E-state index is 12.5. The minimum absolute atomic E-state index is 0.312. The normalized spacial score (nSPS) is 11.2. The number of amides is 1. The molecule has 0 heterocycles. The highest BCUT2D eigenvalue weighted by atomic mass is 31.2. The number of nitrogens with one attached hydrogen (secondary N) is 1. The van der Waals surface area contributed by atoms with Crippen molar-refractivity contribution in [1.29, 1.82) is 0 Å². The predicted octanol–water partition coefficient (Wildman–Crippen LogP) is 4.22. The lowest BCUT2D eigenvalue weighted by Crippen LogP contribution is -2.13. The molecule has 0 aromatic heterocycles. The fourth-order valence-corrected chi connectivity index (χ4v) is 2.87. The van der Waals surface area contributed by atoms with E-state index < -0.39 is 7.82 Å². The van der Waals surface area contributed by atoms with Crippen molar-refractivity contribution < 1.29 is 23.7 Å². The molecule has 0 unspecified atom stereocenters. The first-order chi connectivity index (χ1) is 12.9. The Bertz CT molecular complexity index is 967. The molecule has 3 N–H and O–H groups in total. The van der Waals surface area contributed by atoms with Crippen LogP contribution in [-0.2, 0) is 15.7 Å². The van der Waals surface area contributed by atoms with Gasteiger partial charge in [0.2, 0.25) is 0 Å². The van der Waals surface area contributed by atoms with Crippen LogP contribution < -0.4 is 5.32 Å². The van der Waals surface area contributed by atoms with Gasteiger partial charge in [-0.3, -0.25) is 9.32 Å². The van der Waals surface area contributed by atoms with Gasteiger partial charge in [-0.25, -0.2) is 4.57 Å². The van der Waals surface area contributed by atoms with Crippen LogP contribution in [0.4, 0.5) is 5.69 Å². The molecule has 0 saturated heterocycles. The molecule has 7 heteroatoms. The molecule has 138 valence electrons. The number of carbonyl (C=O) groups is 1. The summed E-state index contributed by atoms with van der Waals surface area (Å²) >= 11 is 0. The van der Waals surface area contributed by atoms with E-state index in [4.69, 9.17) is 9.79 Å². The smallest absolute Gasteiger partial charge is 0.322 e. The van der Waals surface area contributed by atoms with Gasteiger partial charge in [-0.2, -0.15) is 0 Å². The van der Waals surface area contributed by atoms with Crippen LogP contribution in [0.1, 0.15) is 15.9 Å². The van der Waals surface area contributed by atoms with Gasteiger partial charge >= 0.3 is 7.82 Å². The zero-order valence-electron chi connectivity index (χ0n) is 14.3. The maximum Gasteiger partial charge on any atom is 0.469 e. The summed E-state index contributed by atoms with van der Waals surface area (Å²) in [6.07, 6.45) is 0. The van der Waals surface area contributed by atoms with Crippen LogP contribution in [0.5, 0.6) is 0 Å². The Morgan fingerprint density at radius 2 is 1.44 bits per heavy atom. The van der Waals surface area contributed by atoms with Gasteiger partial charge in [0.25, 0.3) is 5.91 Å². The van der Waals surface area contributed by atoms with Gasteiger partial charge in [0.05, 0.1) is 6.61 Å². The van der Waals surface area contributed by atoms with Crippen molar-refractivity contribution in [2.24, 2.45) is 0 Å². The second kappa shape index (κ2) is 8.29. The van der Waals surface area contributed by atoms with Crippen LogP contribution in [-0.4, -0.2) is 15.7 Å². The summed E-state index contributed by atoms with van der Waals surface area (Å²) in [5.74, 6) is -0.321. The predicted molar refractivity (Wildman–Crippen MR) is 103 cm³/mol. The first-order valence-corrected chi connectivity index (χ1v) is 9.70. The summed E-state index contributed by atoms with van der Waals surface area (Å²) in [4.78, 5) is 30.2. The fraction of sp³-hybridized carbons (Fsp3) is 0.0500. The van der Waals surface area contributed by atoms with Crippen LogP contribution in [0.25, 0.3) is 11.1 Å². The largest absolute Gasteiger partial charge is 0.469 e. The van der Waals surface area contributed by atoms with Crippen molar-refractivity contribution in [1.82, 2.24) is 0 Å². The standard InChI is InChI=1S/C20H18NO5P/c22-20(17-12-10-16(11-13-17)15-6-2-1-3-7-15)21-19-9-5-4-8-18(19)14-26-27(23,24)25/h1-13H,14H2,(H,21,22)(H2,23,24,25). The van der Waals surface area contributed by atoms with E-state index in [-0.39, 0.29) is 12.5 Å². The number of hydrogen-bond acceptors (Lipinski definition) is 3. The highest BCUT2D eigenvalue weighted by Gasteiger charge is 2.16. The second-order valence-electron chi connectivity index (χ2n) is 5.82. The molecule has 3 rings (SSSR count). The number of benzene rings is 3. The maximum atomic E-state index is 12.5. The van der Waals surface area contributed by atoms with E-state index in [9.17, 15) is 9.36 Å². The molecule has 0 aliphatic heterocycles. The van der Waals surface area contributed by atoms with Gasteiger partial charge in [0.1, 0.15) is 0 Å². The summed E-state index contributed by atoms with van der Waals surface area (Å²) in [5.41, 5.74) is 3.44. The van der Waals surface area contributed by atoms with Crippen LogP contribution in [0.2, 0.25) is 0 Å². The molecule has 3 aromatic rings. The van der Waals surface area contributed by atoms with Crippen molar-refractivity contribution in [3.63, 3.8) is 0 Å². The van der Waals surface area contributed by atoms with Crippen LogP contribution in [0.15, 0.2) is 78.9 Å². The Hall–Kier alpha value is -2.76. The third-order valence-corrected chi connectivity index (χ3v) is 4.37. The summed E-state index contributed by atoms with van der Waals surface area (Å²) < 4.78 is 15.4. The summed E-state index contributed by atoms with van der Waals surface area (Å²) in [6.45, 7) is -0.312. The van der Waals surface area contributed by atoms with Crippen molar-refractivity contribution in [2.75, 3.05) is 5.32 Å². The summed E-state index contributed by atoms with van der Waals surface area (Å²) in [7, 11) is -4.59. The molecule has 0 aliphatic rings. The van der Waals surface area contributed by atoms with E-state index in [2.05, 4.69) is 9.84 Å². The summed E-state index contributed by atoms with van der Waals surface area (Å²) in [5, 5.41) is 2.75.